The van der Waals surface area contributed by atoms with Crippen molar-refractivity contribution in [1.82, 2.24) is 25.3 Å². The highest BCUT2D eigenvalue weighted by Gasteiger charge is 2.11. The van der Waals surface area contributed by atoms with Gasteiger partial charge in [-0.15, -0.1) is 10.2 Å². The van der Waals surface area contributed by atoms with Gasteiger partial charge in [-0.2, -0.15) is 5.10 Å². The molecule has 8 nitrogen and oxygen atoms in total. The summed E-state index contributed by atoms with van der Waals surface area (Å²) in [4.78, 5) is 23.6. The summed E-state index contributed by atoms with van der Waals surface area (Å²) in [5.74, 6) is -0.460. The van der Waals surface area contributed by atoms with Crippen molar-refractivity contribution < 1.29 is 9.59 Å². The Hall–Kier alpha value is -2.29. The number of anilines is 1. The number of hydrogen-bond acceptors (Lipinski definition) is 6. The Kier molecular flexibility index (Phi) is 5.59. The molecule has 2 aromatic heterocycles. The number of nitrogens with zero attached hydrogens (tertiary/aromatic N) is 4. The smallest absolute Gasteiger partial charge is 0.269 e. The predicted octanol–water partition coefficient (Wildman–Crippen LogP) is 0.983. The number of rotatable bonds is 7. The van der Waals surface area contributed by atoms with Crippen molar-refractivity contribution in [1.29, 1.82) is 0 Å². The minimum absolute atomic E-state index is 0.173. The molecule has 118 valence electrons. The van der Waals surface area contributed by atoms with Crippen LogP contribution in [0.2, 0.25) is 0 Å². The quantitative estimate of drug-likeness (QED) is 0.791. The molecule has 0 atom stereocenters. The van der Waals surface area contributed by atoms with Crippen LogP contribution in [0, 0.1) is 0 Å². The first kappa shape index (κ1) is 16.1. The third-order valence-electron chi connectivity index (χ3n) is 2.87. The van der Waals surface area contributed by atoms with Gasteiger partial charge in [0.05, 0.1) is 0 Å². The Morgan fingerprint density at radius 1 is 1.36 bits per heavy atom. The average molecular weight is 322 g/mol. The second kappa shape index (κ2) is 7.64. The van der Waals surface area contributed by atoms with E-state index in [1.54, 1.807) is 19.3 Å². The van der Waals surface area contributed by atoms with Crippen molar-refractivity contribution in [3.63, 3.8) is 0 Å². The molecule has 0 radical (unpaired) electrons. The summed E-state index contributed by atoms with van der Waals surface area (Å²) in [5, 5.41) is 18.6. The molecule has 2 amide bonds. The highest BCUT2D eigenvalue weighted by Crippen LogP contribution is 2.16. The molecule has 0 unspecified atom stereocenters. The van der Waals surface area contributed by atoms with Crippen molar-refractivity contribution in [3.05, 3.63) is 23.0 Å². The number of carbonyl (C=O) groups excluding carboxylic acids is 2. The lowest BCUT2D eigenvalue weighted by Gasteiger charge is -2.05. The fourth-order valence-electron chi connectivity index (χ4n) is 1.78. The van der Waals surface area contributed by atoms with Gasteiger partial charge < -0.3 is 10.6 Å². The van der Waals surface area contributed by atoms with Crippen LogP contribution in [0.25, 0.3) is 0 Å². The van der Waals surface area contributed by atoms with Gasteiger partial charge in [0, 0.05) is 32.6 Å². The molecule has 0 spiro atoms. The summed E-state index contributed by atoms with van der Waals surface area (Å²) in [7, 11) is 1.69. The standard InChI is InChI=1S/C13H18N6O2S/c1-3-4-11-17-18-13(22-11)16-10(20)6-7-14-12(21)9-5-8-15-19(9)2/h5,8H,3-4,6-7H2,1-2H3,(H,14,21)(H,16,18,20). The van der Waals surface area contributed by atoms with Crippen LogP contribution in [-0.2, 0) is 18.3 Å². The average Bonchev–Trinajstić information content (AvgIpc) is 3.08. The first-order valence-corrected chi connectivity index (χ1v) is 7.80. The van der Waals surface area contributed by atoms with E-state index in [1.165, 1.54) is 16.0 Å². The molecule has 0 fully saturated rings. The second-order valence-corrected chi connectivity index (χ2v) is 5.71. The minimum atomic E-state index is -0.256. The highest BCUT2D eigenvalue weighted by atomic mass is 32.1. The summed E-state index contributed by atoms with van der Waals surface area (Å²) in [6.45, 7) is 2.31. The summed E-state index contributed by atoms with van der Waals surface area (Å²) >= 11 is 1.37. The molecule has 0 aliphatic rings. The van der Waals surface area contributed by atoms with Gasteiger partial charge >= 0.3 is 0 Å². The van der Waals surface area contributed by atoms with Crippen LogP contribution in [0.4, 0.5) is 5.13 Å². The Morgan fingerprint density at radius 3 is 2.86 bits per heavy atom. The SMILES string of the molecule is CCCc1nnc(NC(=O)CCNC(=O)c2ccnn2C)s1. The lowest BCUT2D eigenvalue weighted by molar-refractivity contribution is -0.116. The molecular weight excluding hydrogens is 304 g/mol. The summed E-state index contributed by atoms with van der Waals surface area (Å²) in [6, 6.07) is 1.62. The first-order chi connectivity index (χ1) is 10.6. The van der Waals surface area contributed by atoms with Gasteiger partial charge in [0.25, 0.3) is 5.91 Å². The molecule has 0 saturated carbocycles. The van der Waals surface area contributed by atoms with Gasteiger partial charge in [-0.1, -0.05) is 18.3 Å². The van der Waals surface area contributed by atoms with Crippen molar-refractivity contribution in [2.75, 3.05) is 11.9 Å². The lowest BCUT2D eigenvalue weighted by atomic mass is 10.3. The molecule has 2 heterocycles. The van der Waals surface area contributed by atoms with Crippen molar-refractivity contribution in [2.24, 2.45) is 7.05 Å². The van der Waals surface area contributed by atoms with Gasteiger partial charge in [0.1, 0.15) is 10.7 Å². The predicted molar refractivity (Wildman–Crippen MR) is 82.7 cm³/mol. The molecule has 0 bridgehead atoms. The first-order valence-electron chi connectivity index (χ1n) is 6.98. The van der Waals surface area contributed by atoms with E-state index in [1.807, 2.05) is 0 Å². The summed E-state index contributed by atoms with van der Waals surface area (Å²) in [6.07, 6.45) is 3.56. The number of nitrogens with one attached hydrogen (secondary N) is 2. The fourth-order valence-corrected chi connectivity index (χ4v) is 2.64. The van der Waals surface area contributed by atoms with Crippen molar-refractivity contribution >= 4 is 28.3 Å². The van der Waals surface area contributed by atoms with E-state index in [4.69, 9.17) is 0 Å². The number of hydrogen-bond donors (Lipinski definition) is 2. The van der Waals surface area contributed by atoms with Gasteiger partial charge in [-0.3, -0.25) is 14.3 Å². The summed E-state index contributed by atoms with van der Waals surface area (Å²) in [5.41, 5.74) is 0.453. The molecule has 2 aromatic rings. The van der Waals surface area contributed by atoms with Crippen LogP contribution in [0.15, 0.2) is 12.3 Å². The van der Waals surface area contributed by atoms with Gasteiger partial charge in [0.2, 0.25) is 11.0 Å². The highest BCUT2D eigenvalue weighted by molar-refractivity contribution is 7.15. The lowest BCUT2D eigenvalue weighted by Crippen LogP contribution is -2.29. The molecular formula is C13H18N6O2S. The zero-order valence-electron chi connectivity index (χ0n) is 12.5. The number of aryl methyl sites for hydroxylation is 2. The molecule has 22 heavy (non-hydrogen) atoms. The van der Waals surface area contributed by atoms with E-state index >= 15 is 0 Å². The second-order valence-electron chi connectivity index (χ2n) is 4.65. The van der Waals surface area contributed by atoms with Crippen LogP contribution >= 0.6 is 11.3 Å². The molecule has 2 N–H and O–H groups in total. The molecule has 0 saturated heterocycles. The Morgan fingerprint density at radius 2 is 2.18 bits per heavy atom. The third kappa shape index (κ3) is 4.35. The van der Waals surface area contributed by atoms with Crippen molar-refractivity contribution in [2.45, 2.75) is 26.2 Å². The Labute approximate surface area is 131 Å². The maximum Gasteiger partial charge on any atom is 0.269 e. The Balaban J connectivity index is 1.73. The zero-order valence-corrected chi connectivity index (χ0v) is 13.3. The minimum Gasteiger partial charge on any atom is -0.350 e. The van der Waals surface area contributed by atoms with Crippen LogP contribution < -0.4 is 10.6 Å². The van der Waals surface area contributed by atoms with Crippen LogP contribution in [0.5, 0.6) is 0 Å². The van der Waals surface area contributed by atoms with Gasteiger partial charge in [0.15, 0.2) is 0 Å². The zero-order chi connectivity index (χ0) is 15.9. The monoisotopic (exact) mass is 322 g/mol. The largest absolute Gasteiger partial charge is 0.350 e. The van der Waals surface area contributed by atoms with E-state index in [0.29, 0.717) is 10.8 Å². The number of amides is 2. The maximum atomic E-state index is 11.8. The van der Waals surface area contributed by atoms with Crippen LogP contribution in [-0.4, -0.2) is 38.3 Å². The molecule has 0 aliphatic carbocycles. The van der Waals surface area contributed by atoms with Gasteiger partial charge in [-0.05, 0) is 12.5 Å². The fraction of sp³-hybridized carbons (Fsp3) is 0.462. The maximum absolute atomic E-state index is 11.8. The number of carbonyl (C=O) groups is 2. The van der Waals surface area contributed by atoms with Crippen LogP contribution in [0.3, 0.4) is 0 Å². The van der Waals surface area contributed by atoms with Gasteiger partial charge in [-0.25, -0.2) is 0 Å². The van der Waals surface area contributed by atoms with E-state index in [0.717, 1.165) is 17.8 Å². The Bertz CT molecular complexity index is 651. The van der Waals surface area contributed by atoms with E-state index in [2.05, 4.69) is 32.9 Å². The molecule has 0 aliphatic heterocycles. The molecule has 9 heteroatoms. The normalized spacial score (nSPS) is 10.5. The summed E-state index contributed by atoms with van der Waals surface area (Å²) < 4.78 is 1.48. The van der Waals surface area contributed by atoms with E-state index < -0.39 is 0 Å². The third-order valence-corrected chi connectivity index (χ3v) is 3.77. The van der Waals surface area contributed by atoms with E-state index in [-0.39, 0.29) is 24.8 Å². The molecule has 2 rings (SSSR count). The van der Waals surface area contributed by atoms with Crippen LogP contribution in [0.1, 0.15) is 35.3 Å². The number of aromatic nitrogens is 4. The van der Waals surface area contributed by atoms with Crippen molar-refractivity contribution in [3.8, 4) is 0 Å². The topological polar surface area (TPSA) is 102 Å². The van der Waals surface area contributed by atoms with E-state index in [9.17, 15) is 9.59 Å². The molecule has 0 aromatic carbocycles.